The molecule has 1 heterocycles. The zero-order valence-electron chi connectivity index (χ0n) is 6.57. The molecule has 0 bridgehead atoms. The molecule has 0 aromatic rings. The van der Waals surface area contributed by atoms with Gasteiger partial charge in [-0.25, -0.2) is 0 Å². The van der Waals surface area contributed by atoms with Gasteiger partial charge in [0.1, 0.15) is 8.24 Å². The van der Waals surface area contributed by atoms with E-state index in [2.05, 4.69) is 29.5 Å². The molecule has 0 saturated carbocycles. The largest absolute Gasteiger partial charge is 0.311 e. The van der Waals surface area contributed by atoms with Gasteiger partial charge < -0.3 is 9.88 Å². The van der Waals surface area contributed by atoms with Gasteiger partial charge in [0.05, 0.1) is 0 Å². The molecule has 9 heavy (non-hydrogen) atoms. The molecule has 0 amide bonds. The highest BCUT2D eigenvalue weighted by atomic mass is 28.3. The van der Waals surface area contributed by atoms with E-state index in [1.165, 1.54) is 13.1 Å². The summed E-state index contributed by atoms with van der Waals surface area (Å²) in [5.41, 5.74) is 0. The van der Waals surface area contributed by atoms with E-state index in [9.17, 15) is 0 Å². The number of rotatable bonds is 1. The maximum atomic E-state index is 3.34. The van der Waals surface area contributed by atoms with Crippen molar-refractivity contribution in [2.75, 3.05) is 19.8 Å². The van der Waals surface area contributed by atoms with Gasteiger partial charge in [-0.15, -0.1) is 0 Å². The number of nitrogens with zero attached hydrogens (tertiary/aromatic N) is 1. The van der Waals surface area contributed by atoms with Crippen LogP contribution in [-0.4, -0.2) is 32.6 Å². The van der Waals surface area contributed by atoms with Crippen molar-refractivity contribution in [1.29, 1.82) is 0 Å². The summed E-state index contributed by atoms with van der Waals surface area (Å²) in [6.07, 6.45) is 0. The van der Waals surface area contributed by atoms with Crippen molar-refractivity contribution >= 4 is 8.24 Å². The van der Waals surface area contributed by atoms with E-state index in [4.69, 9.17) is 0 Å². The molecule has 2 nitrogen and oxygen atoms in total. The van der Waals surface area contributed by atoms with Gasteiger partial charge in [-0.1, -0.05) is 19.6 Å². The van der Waals surface area contributed by atoms with Crippen LogP contribution in [0.5, 0.6) is 0 Å². The van der Waals surface area contributed by atoms with Gasteiger partial charge in [-0.2, -0.15) is 0 Å². The smallest absolute Gasteiger partial charge is 0.120 e. The molecule has 1 N–H and O–H groups in total. The number of nitrogens with one attached hydrogen (secondary N) is 1. The molecule has 1 fully saturated rings. The fourth-order valence-electron chi connectivity index (χ4n) is 1.08. The molecule has 1 aliphatic heterocycles. The Morgan fingerprint density at radius 3 is 2.22 bits per heavy atom. The first-order valence-corrected chi connectivity index (χ1v) is 7.01. The predicted molar refractivity (Wildman–Crippen MR) is 42.9 cm³/mol. The lowest BCUT2D eigenvalue weighted by Crippen LogP contribution is -2.44. The van der Waals surface area contributed by atoms with Gasteiger partial charge in [0, 0.05) is 19.8 Å². The quantitative estimate of drug-likeness (QED) is 0.545. The molecular weight excluding hydrogens is 128 g/mol. The van der Waals surface area contributed by atoms with Crippen LogP contribution in [0.1, 0.15) is 0 Å². The van der Waals surface area contributed by atoms with Gasteiger partial charge in [0.25, 0.3) is 0 Å². The fourth-order valence-corrected chi connectivity index (χ4v) is 2.45. The minimum atomic E-state index is -0.953. The summed E-state index contributed by atoms with van der Waals surface area (Å²) in [4.78, 5) is 0. The highest BCUT2D eigenvalue weighted by Crippen LogP contribution is 2.09. The Morgan fingerprint density at radius 2 is 2.00 bits per heavy atom. The zero-order chi connectivity index (χ0) is 6.91. The second kappa shape index (κ2) is 2.40. The van der Waals surface area contributed by atoms with Gasteiger partial charge in [0.15, 0.2) is 0 Å². The highest BCUT2D eigenvalue weighted by Gasteiger charge is 2.25. The Morgan fingerprint density at radius 1 is 1.33 bits per heavy atom. The molecule has 0 aliphatic carbocycles. The van der Waals surface area contributed by atoms with Crippen molar-refractivity contribution in [3.05, 3.63) is 0 Å². The first-order chi connectivity index (χ1) is 4.11. The van der Waals surface area contributed by atoms with Crippen molar-refractivity contribution in [1.82, 2.24) is 9.88 Å². The van der Waals surface area contributed by atoms with Crippen LogP contribution in [0, 0.1) is 0 Å². The minimum Gasteiger partial charge on any atom is -0.311 e. The third kappa shape index (κ3) is 1.78. The predicted octanol–water partition coefficient (Wildman–Crippen LogP) is 0.684. The van der Waals surface area contributed by atoms with Gasteiger partial charge in [-0.05, 0) is 0 Å². The van der Waals surface area contributed by atoms with Crippen molar-refractivity contribution in [2.24, 2.45) is 0 Å². The molecule has 1 saturated heterocycles. The zero-order valence-corrected chi connectivity index (χ0v) is 7.57. The molecule has 0 atom stereocenters. The van der Waals surface area contributed by atoms with Crippen LogP contribution in [0.3, 0.4) is 0 Å². The van der Waals surface area contributed by atoms with Gasteiger partial charge in [0.2, 0.25) is 0 Å². The Kier molecular flexibility index (Phi) is 1.93. The standard InChI is InChI=1S/C6H16N2Si/c1-9(2,3)8-5-4-7-6-8/h7H,4-6H2,1-3H3. The lowest BCUT2D eigenvalue weighted by Gasteiger charge is -2.28. The van der Waals surface area contributed by atoms with Crippen molar-refractivity contribution in [3.63, 3.8) is 0 Å². The van der Waals surface area contributed by atoms with E-state index in [1.54, 1.807) is 0 Å². The first kappa shape index (κ1) is 7.25. The van der Waals surface area contributed by atoms with Crippen LogP contribution in [0.25, 0.3) is 0 Å². The lowest BCUT2D eigenvalue weighted by molar-refractivity contribution is 0.516. The molecule has 0 aromatic heterocycles. The van der Waals surface area contributed by atoms with Crippen LogP contribution in [0.15, 0.2) is 0 Å². The van der Waals surface area contributed by atoms with Crippen LogP contribution in [-0.2, 0) is 0 Å². The lowest BCUT2D eigenvalue weighted by atomic mass is 10.7. The van der Waals surface area contributed by atoms with Crippen LogP contribution in [0.4, 0.5) is 0 Å². The highest BCUT2D eigenvalue weighted by molar-refractivity contribution is 6.73. The number of hydrogen-bond acceptors (Lipinski definition) is 2. The van der Waals surface area contributed by atoms with Crippen LogP contribution < -0.4 is 5.32 Å². The van der Waals surface area contributed by atoms with E-state index in [0.29, 0.717) is 0 Å². The second-order valence-corrected chi connectivity index (χ2v) is 8.57. The molecular formula is C6H16N2Si. The molecule has 0 aromatic carbocycles. The average molecular weight is 144 g/mol. The summed E-state index contributed by atoms with van der Waals surface area (Å²) in [6.45, 7) is 10.7. The van der Waals surface area contributed by atoms with Gasteiger partial charge >= 0.3 is 0 Å². The van der Waals surface area contributed by atoms with E-state index in [1.807, 2.05) is 0 Å². The molecule has 0 unspecified atom stereocenters. The third-order valence-electron chi connectivity index (χ3n) is 1.81. The van der Waals surface area contributed by atoms with E-state index in [-0.39, 0.29) is 0 Å². The third-order valence-corrected chi connectivity index (χ3v) is 4.09. The van der Waals surface area contributed by atoms with Crippen LogP contribution >= 0.6 is 0 Å². The van der Waals surface area contributed by atoms with Gasteiger partial charge in [-0.3, -0.25) is 0 Å². The molecule has 1 rings (SSSR count). The topological polar surface area (TPSA) is 15.3 Å². The normalized spacial score (nSPS) is 23.0. The monoisotopic (exact) mass is 144 g/mol. The Balaban J connectivity index is 2.42. The summed E-state index contributed by atoms with van der Waals surface area (Å²) < 4.78 is 2.58. The molecule has 0 spiro atoms. The molecule has 3 heteroatoms. The van der Waals surface area contributed by atoms with E-state index >= 15 is 0 Å². The second-order valence-electron chi connectivity index (χ2n) is 3.59. The maximum absolute atomic E-state index is 3.34. The van der Waals surface area contributed by atoms with Crippen molar-refractivity contribution in [2.45, 2.75) is 19.6 Å². The Bertz CT molecular complexity index is 91.7. The Labute approximate surface area is 58.3 Å². The molecule has 54 valence electrons. The van der Waals surface area contributed by atoms with E-state index < -0.39 is 8.24 Å². The summed E-state index contributed by atoms with van der Waals surface area (Å²) >= 11 is 0. The minimum absolute atomic E-state index is 0.953. The SMILES string of the molecule is C[Si](C)(C)N1CCNC1. The summed E-state index contributed by atoms with van der Waals surface area (Å²) in [7, 11) is -0.953. The summed E-state index contributed by atoms with van der Waals surface area (Å²) in [5, 5.41) is 3.34. The molecule has 1 aliphatic rings. The van der Waals surface area contributed by atoms with E-state index in [0.717, 1.165) is 6.67 Å². The van der Waals surface area contributed by atoms with Crippen LogP contribution in [0.2, 0.25) is 19.6 Å². The maximum Gasteiger partial charge on any atom is 0.120 e. The summed E-state index contributed by atoms with van der Waals surface area (Å²) in [6, 6.07) is 0. The average Bonchev–Trinajstić information content (AvgIpc) is 2.08. The van der Waals surface area contributed by atoms with Crippen molar-refractivity contribution in [3.8, 4) is 0 Å². The first-order valence-electron chi connectivity index (χ1n) is 3.56. The number of hydrogen-bond donors (Lipinski definition) is 1. The fraction of sp³-hybridized carbons (Fsp3) is 1.00. The molecule has 0 radical (unpaired) electrons. The Hall–Kier alpha value is 0.137. The van der Waals surface area contributed by atoms with Crippen molar-refractivity contribution < 1.29 is 0 Å². The summed E-state index contributed by atoms with van der Waals surface area (Å²) in [5.74, 6) is 0.